The molecule has 0 saturated carbocycles. The quantitative estimate of drug-likeness (QED) is 0.278. The number of amides is 2. The van der Waals surface area contributed by atoms with E-state index in [1.807, 2.05) is 14.0 Å². The summed E-state index contributed by atoms with van der Waals surface area (Å²) >= 11 is 0. The van der Waals surface area contributed by atoms with Gasteiger partial charge in [-0.25, -0.2) is 0 Å². The summed E-state index contributed by atoms with van der Waals surface area (Å²) in [6.07, 6.45) is 3.76. The minimum absolute atomic E-state index is 0.0847. The highest BCUT2D eigenvalue weighted by Gasteiger charge is 2.04. The highest BCUT2D eigenvalue weighted by Crippen LogP contribution is 2.19. The Morgan fingerprint density at radius 1 is 0.958 bits per heavy atom. The molecule has 24 heavy (non-hydrogen) atoms. The van der Waals surface area contributed by atoms with Gasteiger partial charge < -0.3 is 20.6 Å². The average molecular weight is 380 g/mol. The number of aliphatic hydroxyl groups is 1. The second kappa shape index (κ2) is 17.4. The molecule has 0 unspecified atom stereocenters. The third-order valence-corrected chi connectivity index (χ3v) is 5.65. The molecule has 0 aliphatic heterocycles. The molecule has 0 aliphatic carbocycles. The summed E-state index contributed by atoms with van der Waals surface area (Å²) in [4.78, 5) is 25.1. The lowest BCUT2D eigenvalue weighted by Gasteiger charge is -2.15. The van der Waals surface area contributed by atoms with Gasteiger partial charge in [-0.15, -0.1) is 0 Å². The van der Waals surface area contributed by atoms with Gasteiger partial charge in [0, 0.05) is 50.6 Å². The van der Waals surface area contributed by atoms with Crippen molar-refractivity contribution in [3.63, 3.8) is 0 Å². The van der Waals surface area contributed by atoms with E-state index in [1.165, 1.54) is 0 Å². The van der Waals surface area contributed by atoms with Gasteiger partial charge in [0.15, 0.2) is 0 Å². The maximum absolute atomic E-state index is 11.7. The van der Waals surface area contributed by atoms with Crippen molar-refractivity contribution in [2.45, 2.75) is 39.0 Å². The predicted molar refractivity (Wildman–Crippen MR) is 104 cm³/mol. The van der Waals surface area contributed by atoms with Crippen molar-refractivity contribution in [2.75, 3.05) is 51.3 Å². The molecule has 142 valence electrons. The molecule has 0 bridgehead atoms. The molecule has 2 amide bonds. The summed E-state index contributed by atoms with van der Waals surface area (Å²) in [6, 6.07) is 0. The molecule has 0 aliphatic rings. The van der Waals surface area contributed by atoms with Crippen LogP contribution in [-0.2, 0) is 9.59 Å². The normalized spacial score (nSPS) is 10.8. The molecule has 0 spiro atoms. The first-order chi connectivity index (χ1) is 11.6. The Morgan fingerprint density at radius 3 is 2.08 bits per heavy atom. The summed E-state index contributed by atoms with van der Waals surface area (Å²) in [6.45, 7) is 5.26. The standard InChI is InChI=1S/C16H33N3O3S2/c1-3-6-15(21)17-8-13-23-24-14-9-18-16(22)7-11-19(2)10-4-5-12-20/h20H,3-14H2,1-2H3,(H,17,21)(H,18,22). The summed E-state index contributed by atoms with van der Waals surface area (Å²) in [5.41, 5.74) is 0. The molecule has 0 fully saturated rings. The Bertz CT molecular complexity index is 334. The molecule has 6 nitrogen and oxygen atoms in total. The van der Waals surface area contributed by atoms with E-state index in [2.05, 4.69) is 15.5 Å². The van der Waals surface area contributed by atoms with Gasteiger partial charge in [-0.05, 0) is 32.9 Å². The first kappa shape index (κ1) is 23.6. The van der Waals surface area contributed by atoms with Gasteiger partial charge in [0.2, 0.25) is 11.8 Å². The van der Waals surface area contributed by atoms with Crippen LogP contribution in [0.3, 0.4) is 0 Å². The third kappa shape index (κ3) is 16.4. The van der Waals surface area contributed by atoms with Crippen LogP contribution in [0, 0.1) is 0 Å². The van der Waals surface area contributed by atoms with Crippen LogP contribution in [-0.4, -0.2) is 73.2 Å². The second-order valence-electron chi connectivity index (χ2n) is 5.58. The number of carbonyl (C=O) groups is 2. The van der Waals surface area contributed by atoms with E-state index < -0.39 is 0 Å². The first-order valence-corrected chi connectivity index (χ1v) is 11.2. The van der Waals surface area contributed by atoms with Gasteiger partial charge in [0.25, 0.3) is 0 Å². The Hall–Kier alpha value is -0.440. The molecule has 0 atom stereocenters. The van der Waals surface area contributed by atoms with Gasteiger partial charge >= 0.3 is 0 Å². The van der Waals surface area contributed by atoms with Crippen molar-refractivity contribution in [1.29, 1.82) is 0 Å². The summed E-state index contributed by atoms with van der Waals surface area (Å²) in [5.74, 6) is 1.95. The number of unbranched alkanes of at least 4 members (excludes halogenated alkanes) is 1. The van der Waals surface area contributed by atoms with E-state index in [0.29, 0.717) is 25.9 Å². The predicted octanol–water partition coefficient (Wildman–Crippen LogP) is 1.49. The Balaban J connectivity index is 3.35. The number of rotatable bonds is 16. The van der Waals surface area contributed by atoms with Crippen LogP contribution in [0.15, 0.2) is 0 Å². The van der Waals surface area contributed by atoms with E-state index in [0.717, 1.165) is 43.9 Å². The van der Waals surface area contributed by atoms with Gasteiger partial charge in [0.1, 0.15) is 0 Å². The average Bonchev–Trinajstić information content (AvgIpc) is 2.56. The summed E-state index contributed by atoms with van der Waals surface area (Å²) in [7, 11) is 5.43. The van der Waals surface area contributed by atoms with Crippen LogP contribution in [0.1, 0.15) is 39.0 Å². The maximum Gasteiger partial charge on any atom is 0.221 e. The Labute approximate surface area is 154 Å². The SMILES string of the molecule is CCCC(=O)NCCSSCCNC(=O)CCN(C)CCCCO. The Morgan fingerprint density at radius 2 is 1.54 bits per heavy atom. The molecule has 0 aromatic carbocycles. The Kier molecular flexibility index (Phi) is 17.1. The van der Waals surface area contributed by atoms with Gasteiger partial charge in [0.05, 0.1) is 0 Å². The summed E-state index contributed by atoms with van der Waals surface area (Å²) in [5, 5.41) is 14.5. The van der Waals surface area contributed by atoms with Crippen molar-refractivity contribution in [3.8, 4) is 0 Å². The van der Waals surface area contributed by atoms with Crippen molar-refractivity contribution < 1.29 is 14.7 Å². The zero-order valence-electron chi connectivity index (χ0n) is 15.0. The van der Waals surface area contributed by atoms with Crippen molar-refractivity contribution in [2.24, 2.45) is 0 Å². The van der Waals surface area contributed by atoms with Crippen molar-refractivity contribution >= 4 is 33.4 Å². The minimum Gasteiger partial charge on any atom is -0.396 e. The molecule has 0 radical (unpaired) electrons. The second-order valence-corrected chi connectivity index (χ2v) is 8.28. The zero-order chi connectivity index (χ0) is 18.0. The van der Waals surface area contributed by atoms with Crippen LogP contribution in [0.2, 0.25) is 0 Å². The van der Waals surface area contributed by atoms with E-state index in [4.69, 9.17) is 5.11 Å². The smallest absolute Gasteiger partial charge is 0.221 e. The number of hydrogen-bond acceptors (Lipinski definition) is 6. The number of nitrogens with zero attached hydrogens (tertiary/aromatic N) is 1. The van der Waals surface area contributed by atoms with Crippen LogP contribution in [0.4, 0.5) is 0 Å². The highest BCUT2D eigenvalue weighted by molar-refractivity contribution is 8.76. The number of nitrogens with one attached hydrogen (secondary N) is 2. The third-order valence-electron chi connectivity index (χ3n) is 3.24. The highest BCUT2D eigenvalue weighted by atomic mass is 33.1. The molecule has 0 aromatic heterocycles. The molecular weight excluding hydrogens is 346 g/mol. The molecule has 0 aromatic rings. The zero-order valence-corrected chi connectivity index (χ0v) is 16.6. The van der Waals surface area contributed by atoms with Crippen LogP contribution in [0.5, 0.6) is 0 Å². The lowest BCUT2D eigenvalue weighted by molar-refractivity contribution is -0.121. The monoisotopic (exact) mass is 379 g/mol. The lowest BCUT2D eigenvalue weighted by atomic mass is 10.3. The van der Waals surface area contributed by atoms with E-state index in [1.54, 1.807) is 21.6 Å². The van der Waals surface area contributed by atoms with Crippen LogP contribution < -0.4 is 10.6 Å². The fourth-order valence-electron chi connectivity index (χ4n) is 1.88. The molecule has 0 rings (SSSR count). The number of carbonyl (C=O) groups excluding carboxylic acids is 2. The molecule has 8 heteroatoms. The van der Waals surface area contributed by atoms with Crippen LogP contribution >= 0.6 is 21.6 Å². The lowest BCUT2D eigenvalue weighted by Crippen LogP contribution is -2.30. The molecule has 0 heterocycles. The first-order valence-electron chi connectivity index (χ1n) is 8.67. The topological polar surface area (TPSA) is 81.7 Å². The minimum atomic E-state index is 0.0847. The van der Waals surface area contributed by atoms with Crippen LogP contribution in [0.25, 0.3) is 0 Å². The van der Waals surface area contributed by atoms with E-state index >= 15 is 0 Å². The van der Waals surface area contributed by atoms with Crippen molar-refractivity contribution in [1.82, 2.24) is 15.5 Å². The van der Waals surface area contributed by atoms with Crippen molar-refractivity contribution in [3.05, 3.63) is 0 Å². The molecular formula is C16H33N3O3S2. The number of hydrogen-bond donors (Lipinski definition) is 3. The van der Waals surface area contributed by atoms with E-state index in [9.17, 15) is 9.59 Å². The van der Waals surface area contributed by atoms with Gasteiger partial charge in [-0.3, -0.25) is 9.59 Å². The van der Waals surface area contributed by atoms with Gasteiger partial charge in [-0.1, -0.05) is 28.5 Å². The molecule has 0 saturated heterocycles. The van der Waals surface area contributed by atoms with Gasteiger partial charge in [-0.2, -0.15) is 0 Å². The fraction of sp³-hybridized carbons (Fsp3) is 0.875. The maximum atomic E-state index is 11.7. The molecule has 3 N–H and O–H groups in total. The number of aliphatic hydroxyl groups excluding tert-OH is 1. The fourth-order valence-corrected chi connectivity index (χ4v) is 3.70. The largest absolute Gasteiger partial charge is 0.396 e. The van der Waals surface area contributed by atoms with E-state index in [-0.39, 0.29) is 18.4 Å². The summed E-state index contributed by atoms with van der Waals surface area (Å²) < 4.78 is 0.